The quantitative estimate of drug-likeness (QED) is 0.877. The number of carbonyl (C=O) groups is 1. The van der Waals surface area contributed by atoms with Crippen LogP contribution in [0.1, 0.15) is 56.0 Å². The lowest BCUT2D eigenvalue weighted by Crippen LogP contribution is -2.40. The third-order valence-corrected chi connectivity index (χ3v) is 2.68. The number of unbranched alkanes of at least 4 members (excludes halogenated alkanes) is 1. The smallest absolute Gasteiger partial charge is 0.327 e. The summed E-state index contributed by atoms with van der Waals surface area (Å²) >= 11 is 0. The molecule has 20 heavy (non-hydrogen) atoms. The van der Waals surface area contributed by atoms with Crippen LogP contribution in [-0.2, 0) is 0 Å². The van der Waals surface area contributed by atoms with Gasteiger partial charge in [0.1, 0.15) is 12.4 Å². The molecule has 1 aromatic rings. The summed E-state index contributed by atoms with van der Waals surface area (Å²) < 4.78 is 37.5. The predicted molar refractivity (Wildman–Crippen MR) is 67.3 cm³/mol. The van der Waals surface area contributed by atoms with E-state index in [-0.39, 0.29) is 18.3 Å². The molecule has 0 saturated heterocycles. The number of H-pyrrole nitrogens is 1. The van der Waals surface area contributed by atoms with E-state index in [1.807, 2.05) is 20.8 Å². The summed E-state index contributed by atoms with van der Waals surface area (Å²) in [5.74, 6) is -0.500. The Morgan fingerprint density at radius 2 is 2.05 bits per heavy atom. The van der Waals surface area contributed by atoms with E-state index in [1.165, 1.54) is 0 Å². The number of nitrogens with zero attached hydrogens (tertiary/aromatic N) is 3. The number of rotatable bonds is 6. The number of halogens is 3. The minimum atomic E-state index is -4.43. The van der Waals surface area contributed by atoms with Crippen molar-refractivity contribution in [2.45, 2.75) is 45.7 Å². The molecule has 0 aliphatic rings. The number of hydrogen-bond donors (Lipinski definition) is 1. The first-order valence-electron chi connectivity index (χ1n) is 6.53. The largest absolute Gasteiger partial charge is 0.406 e. The maximum atomic E-state index is 12.5. The van der Waals surface area contributed by atoms with Crippen molar-refractivity contribution in [1.82, 2.24) is 20.1 Å². The van der Waals surface area contributed by atoms with Crippen LogP contribution < -0.4 is 0 Å². The van der Waals surface area contributed by atoms with Gasteiger partial charge in [0.15, 0.2) is 0 Å². The Kier molecular flexibility index (Phi) is 5.52. The standard InChI is InChI=1S/C12H19F3N4O/c1-4-5-6-19(7-12(13,14)15)11(20)10-16-9(8(2)3)17-18-10/h8H,4-7H2,1-3H3,(H,16,17,18). The minimum absolute atomic E-state index is 0.0238. The molecule has 0 saturated carbocycles. The fourth-order valence-electron chi connectivity index (χ4n) is 1.59. The third kappa shape index (κ3) is 4.82. The molecule has 0 unspecified atom stereocenters. The number of carbonyl (C=O) groups excluding carboxylic acids is 1. The van der Waals surface area contributed by atoms with Crippen molar-refractivity contribution in [2.24, 2.45) is 0 Å². The van der Waals surface area contributed by atoms with Crippen LogP contribution >= 0.6 is 0 Å². The van der Waals surface area contributed by atoms with Gasteiger partial charge in [-0.3, -0.25) is 9.89 Å². The van der Waals surface area contributed by atoms with Gasteiger partial charge in [-0.2, -0.15) is 13.2 Å². The van der Waals surface area contributed by atoms with Gasteiger partial charge in [0, 0.05) is 12.5 Å². The zero-order chi connectivity index (χ0) is 15.3. The first kappa shape index (κ1) is 16.5. The topological polar surface area (TPSA) is 61.9 Å². The summed E-state index contributed by atoms with van der Waals surface area (Å²) in [6.45, 7) is 4.30. The average molecular weight is 292 g/mol. The Morgan fingerprint density at radius 3 is 2.50 bits per heavy atom. The van der Waals surface area contributed by atoms with E-state index in [4.69, 9.17) is 0 Å². The molecule has 5 nitrogen and oxygen atoms in total. The van der Waals surface area contributed by atoms with Crippen molar-refractivity contribution in [2.75, 3.05) is 13.1 Å². The molecule has 0 aliphatic heterocycles. The molecule has 1 aromatic heterocycles. The fraction of sp³-hybridized carbons (Fsp3) is 0.750. The van der Waals surface area contributed by atoms with E-state index in [2.05, 4.69) is 15.2 Å². The molecule has 0 spiro atoms. The minimum Gasteiger partial charge on any atom is -0.327 e. The second-order valence-electron chi connectivity index (χ2n) is 4.89. The van der Waals surface area contributed by atoms with Crippen LogP contribution in [0.15, 0.2) is 0 Å². The number of aromatic nitrogens is 3. The van der Waals surface area contributed by atoms with E-state index in [1.54, 1.807) is 0 Å². The number of amides is 1. The van der Waals surface area contributed by atoms with Crippen LogP contribution in [0.4, 0.5) is 13.2 Å². The Hall–Kier alpha value is -1.60. The predicted octanol–water partition coefficient (Wildman–Crippen LogP) is 2.73. The average Bonchev–Trinajstić information content (AvgIpc) is 2.81. The summed E-state index contributed by atoms with van der Waals surface area (Å²) in [6.07, 6.45) is -3.23. The van der Waals surface area contributed by atoms with Crippen molar-refractivity contribution < 1.29 is 18.0 Å². The fourth-order valence-corrected chi connectivity index (χ4v) is 1.59. The molecule has 8 heteroatoms. The molecule has 0 aromatic carbocycles. The normalized spacial score (nSPS) is 11.9. The molecule has 0 aliphatic carbocycles. The molecule has 114 valence electrons. The van der Waals surface area contributed by atoms with Crippen molar-refractivity contribution >= 4 is 5.91 Å². The van der Waals surface area contributed by atoms with Crippen LogP contribution in [0.2, 0.25) is 0 Å². The molecule has 0 atom stereocenters. The van der Waals surface area contributed by atoms with Crippen LogP contribution in [0, 0.1) is 0 Å². The van der Waals surface area contributed by atoms with Crippen LogP contribution in [-0.4, -0.2) is 45.3 Å². The van der Waals surface area contributed by atoms with Gasteiger partial charge in [0.05, 0.1) is 0 Å². The highest BCUT2D eigenvalue weighted by Gasteiger charge is 2.34. The zero-order valence-electron chi connectivity index (χ0n) is 11.8. The Bertz CT molecular complexity index is 442. The van der Waals surface area contributed by atoms with E-state index in [0.29, 0.717) is 18.7 Å². The molecular weight excluding hydrogens is 273 g/mol. The van der Waals surface area contributed by atoms with Gasteiger partial charge in [-0.25, -0.2) is 4.98 Å². The van der Waals surface area contributed by atoms with Gasteiger partial charge in [0.2, 0.25) is 5.82 Å². The Labute approximate surface area is 115 Å². The van der Waals surface area contributed by atoms with E-state index in [9.17, 15) is 18.0 Å². The Balaban J connectivity index is 2.85. The summed E-state index contributed by atoms with van der Waals surface area (Å²) in [4.78, 5) is 16.7. The number of aromatic amines is 1. The Morgan fingerprint density at radius 1 is 1.40 bits per heavy atom. The third-order valence-electron chi connectivity index (χ3n) is 2.68. The molecule has 1 amide bonds. The molecular formula is C12H19F3N4O. The molecule has 1 rings (SSSR count). The first-order valence-corrected chi connectivity index (χ1v) is 6.53. The molecule has 0 radical (unpaired) electrons. The van der Waals surface area contributed by atoms with Crippen LogP contribution in [0.3, 0.4) is 0 Å². The summed E-state index contributed by atoms with van der Waals surface area (Å²) in [5.41, 5.74) is 0. The van der Waals surface area contributed by atoms with Gasteiger partial charge in [-0.15, -0.1) is 5.10 Å². The summed E-state index contributed by atoms with van der Waals surface area (Å²) in [7, 11) is 0. The molecule has 0 bridgehead atoms. The highest BCUT2D eigenvalue weighted by atomic mass is 19.4. The van der Waals surface area contributed by atoms with Crippen molar-refractivity contribution in [1.29, 1.82) is 0 Å². The van der Waals surface area contributed by atoms with Gasteiger partial charge in [0.25, 0.3) is 5.91 Å². The number of hydrogen-bond acceptors (Lipinski definition) is 3. The SMILES string of the molecule is CCCCN(CC(F)(F)F)C(=O)c1n[nH]c(C(C)C)n1. The number of nitrogens with one attached hydrogen (secondary N) is 1. The van der Waals surface area contributed by atoms with Gasteiger partial charge in [-0.1, -0.05) is 27.2 Å². The summed E-state index contributed by atoms with van der Waals surface area (Å²) in [5, 5.41) is 6.27. The van der Waals surface area contributed by atoms with Crippen molar-refractivity contribution in [3.8, 4) is 0 Å². The second-order valence-corrected chi connectivity index (χ2v) is 4.89. The van der Waals surface area contributed by atoms with Crippen LogP contribution in [0.5, 0.6) is 0 Å². The summed E-state index contributed by atoms with van der Waals surface area (Å²) in [6, 6.07) is 0. The van der Waals surface area contributed by atoms with E-state index >= 15 is 0 Å². The maximum absolute atomic E-state index is 12.5. The molecule has 1 N–H and O–H groups in total. The van der Waals surface area contributed by atoms with E-state index < -0.39 is 18.6 Å². The number of alkyl halides is 3. The van der Waals surface area contributed by atoms with E-state index in [0.717, 1.165) is 4.90 Å². The molecule has 1 heterocycles. The van der Waals surface area contributed by atoms with Crippen molar-refractivity contribution in [3.05, 3.63) is 11.6 Å². The molecule has 0 fully saturated rings. The second kappa shape index (κ2) is 6.71. The highest BCUT2D eigenvalue weighted by Crippen LogP contribution is 2.18. The lowest BCUT2D eigenvalue weighted by molar-refractivity contribution is -0.140. The van der Waals surface area contributed by atoms with Gasteiger partial charge < -0.3 is 4.90 Å². The van der Waals surface area contributed by atoms with Gasteiger partial charge in [-0.05, 0) is 6.42 Å². The van der Waals surface area contributed by atoms with Gasteiger partial charge >= 0.3 is 6.18 Å². The first-order chi connectivity index (χ1) is 9.24. The lowest BCUT2D eigenvalue weighted by Gasteiger charge is -2.22. The zero-order valence-corrected chi connectivity index (χ0v) is 11.8. The monoisotopic (exact) mass is 292 g/mol. The van der Waals surface area contributed by atoms with Crippen molar-refractivity contribution in [3.63, 3.8) is 0 Å². The van der Waals surface area contributed by atoms with Crippen LogP contribution in [0.25, 0.3) is 0 Å². The highest BCUT2D eigenvalue weighted by molar-refractivity contribution is 5.90. The maximum Gasteiger partial charge on any atom is 0.406 e. The lowest BCUT2D eigenvalue weighted by atomic mass is 10.2.